The molecule has 1 saturated heterocycles. The van der Waals surface area contributed by atoms with Crippen molar-refractivity contribution in [1.29, 1.82) is 0 Å². The van der Waals surface area contributed by atoms with Gasteiger partial charge in [0.25, 0.3) is 5.91 Å². The summed E-state index contributed by atoms with van der Waals surface area (Å²) in [7, 11) is 0. The monoisotopic (exact) mass is 387 g/mol. The van der Waals surface area contributed by atoms with Gasteiger partial charge in [0.15, 0.2) is 5.82 Å². The molecule has 2 heterocycles. The Kier molecular flexibility index (Phi) is 5.47. The summed E-state index contributed by atoms with van der Waals surface area (Å²) in [4.78, 5) is 36.9. The van der Waals surface area contributed by atoms with Gasteiger partial charge in [-0.15, -0.1) is 0 Å². The van der Waals surface area contributed by atoms with E-state index in [1.165, 1.54) is 0 Å². The van der Waals surface area contributed by atoms with Gasteiger partial charge in [0, 0.05) is 43.5 Å². The van der Waals surface area contributed by atoms with Gasteiger partial charge in [-0.05, 0) is 12.1 Å². The van der Waals surface area contributed by atoms with Crippen LogP contribution in [0.4, 0.5) is 11.5 Å². The highest BCUT2D eigenvalue weighted by atomic mass is 16.2. The summed E-state index contributed by atoms with van der Waals surface area (Å²) < 4.78 is 0. The molecule has 1 aromatic heterocycles. The maximum Gasteiger partial charge on any atom is 0.274 e. The number of para-hydroxylation sites is 1. The predicted octanol–water partition coefficient (Wildman–Crippen LogP) is 2.67. The van der Waals surface area contributed by atoms with E-state index in [0.29, 0.717) is 49.2 Å². The lowest BCUT2D eigenvalue weighted by molar-refractivity contribution is -0.118. The van der Waals surface area contributed by atoms with E-state index in [4.69, 9.17) is 4.98 Å². The Labute approximate surface area is 169 Å². The van der Waals surface area contributed by atoms with Crippen molar-refractivity contribution in [2.24, 2.45) is 0 Å². The summed E-state index contributed by atoms with van der Waals surface area (Å²) in [5, 5.41) is 2.88. The van der Waals surface area contributed by atoms with Crippen molar-refractivity contribution in [3.63, 3.8) is 0 Å². The summed E-state index contributed by atoms with van der Waals surface area (Å²) >= 11 is 0. The lowest BCUT2D eigenvalue weighted by Crippen LogP contribution is -2.46. The van der Waals surface area contributed by atoms with E-state index in [2.05, 4.69) is 15.2 Å². The van der Waals surface area contributed by atoms with Gasteiger partial charge in [-0.3, -0.25) is 9.59 Å². The smallest absolute Gasteiger partial charge is 0.274 e. The summed E-state index contributed by atoms with van der Waals surface area (Å²) in [5.41, 5.74) is 1.85. The number of aromatic nitrogens is 2. The Morgan fingerprint density at radius 2 is 1.55 bits per heavy atom. The predicted molar refractivity (Wildman–Crippen MR) is 112 cm³/mol. The molecule has 3 aromatic rings. The van der Waals surface area contributed by atoms with Gasteiger partial charge in [0.05, 0.1) is 0 Å². The first kappa shape index (κ1) is 18.6. The second-order valence-corrected chi connectivity index (χ2v) is 6.75. The van der Waals surface area contributed by atoms with Crippen LogP contribution in [-0.4, -0.2) is 53.4 Å². The maximum absolute atomic E-state index is 12.9. The molecule has 29 heavy (non-hydrogen) atoms. The first-order valence-electron chi connectivity index (χ1n) is 9.48. The van der Waals surface area contributed by atoms with Crippen LogP contribution < -0.4 is 10.2 Å². The van der Waals surface area contributed by atoms with E-state index in [0.717, 1.165) is 12.0 Å². The van der Waals surface area contributed by atoms with Crippen LogP contribution in [0.2, 0.25) is 0 Å². The zero-order valence-corrected chi connectivity index (χ0v) is 15.9. The molecule has 0 unspecified atom stereocenters. The number of anilines is 2. The highest BCUT2D eigenvalue weighted by Crippen LogP contribution is 2.22. The number of benzene rings is 2. The fraction of sp³-hybridized carbons (Fsp3) is 0.182. The summed E-state index contributed by atoms with van der Waals surface area (Å²) in [6, 6.07) is 20.6. The van der Waals surface area contributed by atoms with Gasteiger partial charge in [-0.25, -0.2) is 9.97 Å². The van der Waals surface area contributed by atoms with Crippen molar-refractivity contribution < 1.29 is 9.59 Å². The number of carbonyl (C=O) groups is 2. The van der Waals surface area contributed by atoms with E-state index in [9.17, 15) is 9.59 Å². The quantitative estimate of drug-likeness (QED) is 0.681. The highest BCUT2D eigenvalue weighted by molar-refractivity contribution is 6.03. The minimum absolute atomic E-state index is 0.288. The molecule has 0 radical (unpaired) electrons. The molecule has 0 saturated carbocycles. The van der Waals surface area contributed by atoms with Crippen LogP contribution in [-0.2, 0) is 4.79 Å². The number of hydrogen-bond acceptors (Lipinski definition) is 5. The van der Waals surface area contributed by atoms with Crippen LogP contribution in [0.1, 0.15) is 10.5 Å². The molecule has 7 nitrogen and oxygen atoms in total. The van der Waals surface area contributed by atoms with Crippen LogP contribution in [0.25, 0.3) is 11.4 Å². The molecule has 2 amide bonds. The Balaban J connectivity index is 1.66. The molecule has 7 heteroatoms. The van der Waals surface area contributed by atoms with E-state index in [1.54, 1.807) is 11.0 Å². The molecular formula is C22H21N5O2. The fourth-order valence-electron chi connectivity index (χ4n) is 3.20. The van der Waals surface area contributed by atoms with E-state index >= 15 is 0 Å². The van der Waals surface area contributed by atoms with E-state index < -0.39 is 0 Å². The molecule has 0 aliphatic carbocycles. The Hall–Kier alpha value is -3.74. The molecular weight excluding hydrogens is 366 g/mol. The number of amides is 2. The van der Waals surface area contributed by atoms with Crippen molar-refractivity contribution in [1.82, 2.24) is 14.9 Å². The zero-order chi connectivity index (χ0) is 20.1. The van der Waals surface area contributed by atoms with Gasteiger partial charge < -0.3 is 15.1 Å². The third-order valence-electron chi connectivity index (χ3n) is 4.80. The summed E-state index contributed by atoms with van der Waals surface area (Å²) in [6.45, 7) is 2.56. The Bertz CT molecular complexity index is 987. The second kappa shape index (κ2) is 8.52. The highest BCUT2D eigenvalue weighted by Gasteiger charge is 2.20. The summed E-state index contributed by atoms with van der Waals surface area (Å²) in [5.74, 6) is 0.894. The average Bonchev–Trinajstić information content (AvgIpc) is 2.80. The molecule has 2 aromatic carbocycles. The Morgan fingerprint density at radius 1 is 0.897 bits per heavy atom. The van der Waals surface area contributed by atoms with Crippen molar-refractivity contribution in [2.45, 2.75) is 0 Å². The SMILES string of the molecule is O=CN1CCN(c2cc(C(=O)Nc3ccccc3)nc(-c3ccccc3)n2)CC1. The number of piperazine rings is 1. The van der Waals surface area contributed by atoms with Crippen molar-refractivity contribution in [2.75, 3.05) is 36.4 Å². The topological polar surface area (TPSA) is 78.4 Å². The summed E-state index contributed by atoms with van der Waals surface area (Å²) in [6.07, 6.45) is 0.867. The Morgan fingerprint density at radius 3 is 2.21 bits per heavy atom. The maximum atomic E-state index is 12.9. The van der Waals surface area contributed by atoms with Crippen LogP contribution in [0.3, 0.4) is 0 Å². The molecule has 0 spiro atoms. The molecule has 1 aliphatic heterocycles. The zero-order valence-electron chi connectivity index (χ0n) is 15.9. The van der Waals surface area contributed by atoms with Gasteiger partial charge in [-0.1, -0.05) is 48.5 Å². The van der Waals surface area contributed by atoms with Gasteiger partial charge in [-0.2, -0.15) is 0 Å². The van der Waals surface area contributed by atoms with E-state index in [-0.39, 0.29) is 5.91 Å². The van der Waals surface area contributed by atoms with Gasteiger partial charge in [0.1, 0.15) is 11.5 Å². The third kappa shape index (κ3) is 4.40. The normalized spacial score (nSPS) is 13.8. The lowest BCUT2D eigenvalue weighted by atomic mass is 10.2. The standard InChI is InChI=1S/C22H21N5O2/c28-16-26-11-13-27(14-12-26)20-15-19(22(29)23-18-9-5-2-6-10-18)24-21(25-20)17-7-3-1-4-8-17/h1-10,15-16H,11-14H2,(H,23,29). The van der Waals surface area contributed by atoms with Crippen molar-refractivity contribution >= 4 is 23.8 Å². The lowest BCUT2D eigenvalue weighted by Gasteiger charge is -2.33. The average molecular weight is 387 g/mol. The van der Waals surface area contributed by atoms with Crippen LogP contribution in [0.15, 0.2) is 66.7 Å². The molecule has 146 valence electrons. The van der Waals surface area contributed by atoms with E-state index in [1.807, 2.05) is 60.7 Å². The third-order valence-corrected chi connectivity index (χ3v) is 4.80. The molecule has 1 fully saturated rings. The second-order valence-electron chi connectivity index (χ2n) is 6.75. The number of nitrogens with zero attached hydrogens (tertiary/aromatic N) is 4. The molecule has 0 bridgehead atoms. The number of hydrogen-bond donors (Lipinski definition) is 1. The fourth-order valence-corrected chi connectivity index (χ4v) is 3.20. The van der Waals surface area contributed by atoms with Crippen LogP contribution in [0, 0.1) is 0 Å². The molecule has 1 aliphatic rings. The van der Waals surface area contributed by atoms with Crippen LogP contribution in [0.5, 0.6) is 0 Å². The van der Waals surface area contributed by atoms with Gasteiger partial charge in [0.2, 0.25) is 6.41 Å². The van der Waals surface area contributed by atoms with Crippen LogP contribution >= 0.6 is 0 Å². The number of rotatable bonds is 5. The largest absolute Gasteiger partial charge is 0.353 e. The minimum Gasteiger partial charge on any atom is -0.353 e. The molecule has 1 N–H and O–H groups in total. The van der Waals surface area contributed by atoms with Gasteiger partial charge >= 0.3 is 0 Å². The number of carbonyl (C=O) groups excluding carboxylic acids is 2. The first-order chi connectivity index (χ1) is 14.2. The first-order valence-corrected chi connectivity index (χ1v) is 9.48. The van der Waals surface area contributed by atoms with Crippen molar-refractivity contribution in [3.8, 4) is 11.4 Å². The minimum atomic E-state index is -0.288. The molecule has 4 rings (SSSR count). The van der Waals surface area contributed by atoms with Crippen molar-refractivity contribution in [3.05, 3.63) is 72.4 Å². The number of nitrogens with one attached hydrogen (secondary N) is 1. The molecule has 0 atom stereocenters.